The average Bonchev–Trinajstić information content (AvgIpc) is 2.49. The Labute approximate surface area is 75.2 Å². The molecule has 0 aliphatic heterocycles. The highest BCUT2D eigenvalue weighted by Gasteiger charge is 2.51. The van der Waals surface area contributed by atoms with Crippen LogP contribution in [-0.4, -0.2) is 12.6 Å². The molecule has 2 saturated carbocycles. The van der Waals surface area contributed by atoms with Crippen LogP contribution >= 0.6 is 0 Å². The van der Waals surface area contributed by atoms with Crippen LogP contribution in [0, 0.1) is 11.8 Å². The molecule has 0 bridgehead atoms. The Kier molecular flexibility index (Phi) is 2.22. The molecule has 0 aromatic heterocycles. The van der Waals surface area contributed by atoms with Crippen LogP contribution in [0.1, 0.15) is 33.1 Å². The van der Waals surface area contributed by atoms with Gasteiger partial charge in [0.2, 0.25) is 0 Å². The summed E-state index contributed by atoms with van der Waals surface area (Å²) in [4.78, 5) is 0. The standard InChI is InChI=1S/C11H19N/c1-8(2)6-7-12-11-9-4-3-5-10(9)11/h6,9-12H,3-5,7H2,1-2H3. The summed E-state index contributed by atoms with van der Waals surface area (Å²) in [5.41, 5.74) is 1.42. The number of hydrogen-bond donors (Lipinski definition) is 1. The van der Waals surface area contributed by atoms with Gasteiger partial charge >= 0.3 is 0 Å². The normalized spacial score (nSPS) is 37.7. The number of rotatable bonds is 3. The molecule has 1 N–H and O–H groups in total. The second kappa shape index (κ2) is 3.21. The van der Waals surface area contributed by atoms with Crippen LogP contribution in [-0.2, 0) is 0 Å². The van der Waals surface area contributed by atoms with E-state index < -0.39 is 0 Å². The largest absolute Gasteiger partial charge is 0.310 e. The second-order valence-corrected chi connectivity index (χ2v) is 4.47. The fourth-order valence-corrected chi connectivity index (χ4v) is 2.52. The molecule has 2 aliphatic rings. The van der Waals surface area contributed by atoms with Crippen LogP contribution in [0.5, 0.6) is 0 Å². The van der Waals surface area contributed by atoms with E-state index in [1.165, 1.54) is 24.8 Å². The Morgan fingerprint density at radius 2 is 2.00 bits per heavy atom. The van der Waals surface area contributed by atoms with Crippen molar-refractivity contribution in [3.8, 4) is 0 Å². The van der Waals surface area contributed by atoms with E-state index in [0.29, 0.717) is 0 Å². The fourth-order valence-electron chi connectivity index (χ4n) is 2.52. The van der Waals surface area contributed by atoms with Gasteiger partial charge in [-0.3, -0.25) is 0 Å². The first-order valence-electron chi connectivity index (χ1n) is 5.16. The fraction of sp³-hybridized carbons (Fsp3) is 0.818. The lowest BCUT2D eigenvalue weighted by atomic mass is 10.2. The van der Waals surface area contributed by atoms with Crippen molar-refractivity contribution in [1.29, 1.82) is 0 Å². The maximum atomic E-state index is 3.61. The molecule has 0 radical (unpaired) electrons. The smallest absolute Gasteiger partial charge is 0.0140 e. The third-order valence-corrected chi connectivity index (χ3v) is 3.27. The third-order valence-electron chi connectivity index (χ3n) is 3.27. The Hall–Kier alpha value is -0.300. The molecule has 0 amide bonds. The third kappa shape index (κ3) is 1.56. The lowest BCUT2D eigenvalue weighted by Gasteiger charge is -2.03. The summed E-state index contributed by atoms with van der Waals surface area (Å²) in [6, 6.07) is 0.884. The molecule has 12 heavy (non-hydrogen) atoms. The average molecular weight is 165 g/mol. The molecule has 0 aromatic rings. The number of fused-ring (bicyclic) bond motifs is 1. The molecule has 0 aromatic carbocycles. The Bertz CT molecular complexity index is 181. The molecule has 2 unspecified atom stereocenters. The van der Waals surface area contributed by atoms with Crippen LogP contribution in [0.15, 0.2) is 11.6 Å². The molecule has 2 rings (SSSR count). The van der Waals surface area contributed by atoms with Crippen LogP contribution in [0.25, 0.3) is 0 Å². The summed E-state index contributed by atoms with van der Waals surface area (Å²) in [5.74, 6) is 2.10. The van der Waals surface area contributed by atoms with Gasteiger partial charge < -0.3 is 5.32 Å². The van der Waals surface area contributed by atoms with Crippen LogP contribution in [0.2, 0.25) is 0 Å². The molecule has 68 valence electrons. The van der Waals surface area contributed by atoms with Crippen molar-refractivity contribution >= 4 is 0 Å². The topological polar surface area (TPSA) is 12.0 Å². The van der Waals surface area contributed by atoms with E-state index in [-0.39, 0.29) is 0 Å². The van der Waals surface area contributed by atoms with Gasteiger partial charge in [0, 0.05) is 12.6 Å². The van der Waals surface area contributed by atoms with Gasteiger partial charge in [-0.1, -0.05) is 18.1 Å². The lowest BCUT2D eigenvalue weighted by Crippen LogP contribution is -2.20. The summed E-state index contributed by atoms with van der Waals surface area (Å²) in [5, 5.41) is 3.61. The van der Waals surface area contributed by atoms with Crippen molar-refractivity contribution < 1.29 is 0 Å². The summed E-state index contributed by atoms with van der Waals surface area (Å²) in [7, 11) is 0. The quantitative estimate of drug-likeness (QED) is 0.633. The Morgan fingerprint density at radius 1 is 1.33 bits per heavy atom. The predicted octanol–water partition coefficient (Wildman–Crippen LogP) is 2.34. The Balaban J connectivity index is 1.67. The highest BCUT2D eigenvalue weighted by atomic mass is 15.0. The van der Waals surface area contributed by atoms with Gasteiger partial charge in [-0.2, -0.15) is 0 Å². The highest BCUT2D eigenvalue weighted by Crippen LogP contribution is 2.51. The summed E-state index contributed by atoms with van der Waals surface area (Å²) in [6.07, 6.45) is 6.73. The molecule has 2 atom stereocenters. The van der Waals surface area contributed by atoms with E-state index in [1.54, 1.807) is 0 Å². The van der Waals surface area contributed by atoms with E-state index in [4.69, 9.17) is 0 Å². The van der Waals surface area contributed by atoms with Crippen molar-refractivity contribution in [1.82, 2.24) is 5.32 Å². The van der Waals surface area contributed by atoms with Gasteiger partial charge in [-0.15, -0.1) is 0 Å². The first kappa shape index (κ1) is 8.31. The first-order valence-corrected chi connectivity index (χ1v) is 5.16. The van der Waals surface area contributed by atoms with Crippen molar-refractivity contribution in [3.63, 3.8) is 0 Å². The second-order valence-electron chi connectivity index (χ2n) is 4.47. The van der Waals surface area contributed by atoms with E-state index in [1.807, 2.05) is 0 Å². The van der Waals surface area contributed by atoms with Gasteiger partial charge in [0.15, 0.2) is 0 Å². The van der Waals surface area contributed by atoms with Crippen molar-refractivity contribution in [2.75, 3.05) is 6.54 Å². The van der Waals surface area contributed by atoms with Gasteiger partial charge in [0.25, 0.3) is 0 Å². The highest BCUT2D eigenvalue weighted by molar-refractivity contribution is 5.08. The first-order chi connectivity index (χ1) is 5.79. The number of allylic oxidation sites excluding steroid dienone is 1. The lowest BCUT2D eigenvalue weighted by molar-refractivity contribution is 0.587. The molecule has 2 fully saturated rings. The van der Waals surface area contributed by atoms with E-state index in [0.717, 1.165) is 24.4 Å². The minimum Gasteiger partial charge on any atom is -0.310 e. The molecule has 1 nitrogen and oxygen atoms in total. The molecule has 0 saturated heterocycles. The summed E-state index contributed by atoms with van der Waals surface area (Å²) in [6.45, 7) is 5.41. The van der Waals surface area contributed by atoms with Crippen LogP contribution in [0.3, 0.4) is 0 Å². The van der Waals surface area contributed by atoms with Crippen molar-refractivity contribution in [3.05, 3.63) is 11.6 Å². The van der Waals surface area contributed by atoms with Gasteiger partial charge in [-0.25, -0.2) is 0 Å². The number of hydrogen-bond acceptors (Lipinski definition) is 1. The maximum absolute atomic E-state index is 3.61. The zero-order valence-corrected chi connectivity index (χ0v) is 8.14. The minimum atomic E-state index is 0.884. The minimum absolute atomic E-state index is 0.884. The molecular weight excluding hydrogens is 146 g/mol. The van der Waals surface area contributed by atoms with Gasteiger partial charge in [-0.05, 0) is 38.5 Å². The van der Waals surface area contributed by atoms with Crippen LogP contribution < -0.4 is 5.32 Å². The van der Waals surface area contributed by atoms with Crippen molar-refractivity contribution in [2.45, 2.75) is 39.2 Å². The Morgan fingerprint density at radius 3 is 2.58 bits per heavy atom. The molecular formula is C11H19N. The van der Waals surface area contributed by atoms with Gasteiger partial charge in [0.05, 0.1) is 0 Å². The molecule has 0 spiro atoms. The molecule has 2 aliphatic carbocycles. The molecule has 0 heterocycles. The van der Waals surface area contributed by atoms with Crippen LogP contribution in [0.4, 0.5) is 0 Å². The van der Waals surface area contributed by atoms with E-state index in [9.17, 15) is 0 Å². The van der Waals surface area contributed by atoms with E-state index >= 15 is 0 Å². The van der Waals surface area contributed by atoms with Crippen molar-refractivity contribution in [2.24, 2.45) is 11.8 Å². The summed E-state index contributed by atoms with van der Waals surface area (Å²) >= 11 is 0. The molecule has 1 heteroatoms. The maximum Gasteiger partial charge on any atom is 0.0140 e. The predicted molar refractivity (Wildman–Crippen MR) is 52.1 cm³/mol. The number of nitrogens with one attached hydrogen (secondary N) is 1. The van der Waals surface area contributed by atoms with E-state index in [2.05, 4.69) is 25.2 Å². The monoisotopic (exact) mass is 165 g/mol. The zero-order valence-electron chi connectivity index (χ0n) is 8.14. The zero-order chi connectivity index (χ0) is 8.55. The van der Waals surface area contributed by atoms with Gasteiger partial charge in [0.1, 0.15) is 0 Å². The SMILES string of the molecule is CC(C)=CCNC1C2CCCC21. The summed E-state index contributed by atoms with van der Waals surface area (Å²) < 4.78 is 0.